The fourth-order valence-corrected chi connectivity index (χ4v) is 3.51. The number of carbonyl (C=O) groups is 4. The summed E-state index contributed by atoms with van der Waals surface area (Å²) in [5.41, 5.74) is 4.68. The predicted octanol–water partition coefficient (Wildman–Crippen LogP) is 4.31. The summed E-state index contributed by atoms with van der Waals surface area (Å²) in [7, 11) is 0. The topological polar surface area (TPSA) is 123 Å². The molecule has 0 aliphatic carbocycles. The maximum Gasteiger partial charge on any atom is 0.343 e. The highest BCUT2D eigenvalue weighted by molar-refractivity contribution is 5.97. The summed E-state index contributed by atoms with van der Waals surface area (Å²) in [6, 6.07) is 28.2. The van der Waals surface area contributed by atoms with E-state index < -0.39 is 23.8 Å². The molecule has 0 bridgehead atoms. The van der Waals surface area contributed by atoms with Crippen LogP contribution in [-0.2, 0) is 4.79 Å². The van der Waals surface area contributed by atoms with E-state index in [0.29, 0.717) is 22.3 Å². The molecule has 0 spiro atoms. The van der Waals surface area contributed by atoms with Gasteiger partial charge in [-0.3, -0.25) is 9.59 Å². The molecule has 0 atom stereocenters. The van der Waals surface area contributed by atoms with E-state index in [0.717, 1.165) is 5.56 Å². The molecule has 0 unspecified atom stereocenters. The van der Waals surface area contributed by atoms with Crippen molar-refractivity contribution in [2.75, 3.05) is 6.54 Å². The van der Waals surface area contributed by atoms with E-state index >= 15 is 0 Å². The van der Waals surface area contributed by atoms with E-state index in [-0.39, 0.29) is 18.0 Å². The minimum absolute atomic E-state index is 0.0537. The van der Waals surface area contributed by atoms with Gasteiger partial charge in [-0.15, -0.1) is 0 Å². The van der Waals surface area contributed by atoms with Gasteiger partial charge in [0.1, 0.15) is 11.5 Å². The molecule has 0 saturated heterocycles. The van der Waals surface area contributed by atoms with Crippen LogP contribution in [-0.4, -0.2) is 36.5 Å². The van der Waals surface area contributed by atoms with Crippen molar-refractivity contribution in [1.82, 2.24) is 10.7 Å². The summed E-state index contributed by atoms with van der Waals surface area (Å²) in [4.78, 5) is 49.6. The summed E-state index contributed by atoms with van der Waals surface area (Å²) in [6.07, 6.45) is 1.27. The van der Waals surface area contributed by atoms with Crippen LogP contribution in [0.4, 0.5) is 0 Å². The number of esters is 2. The predicted molar refractivity (Wildman–Crippen MR) is 148 cm³/mol. The molecule has 0 heterocycles. The summed E-state index contributed by atoms with van der Waals surface area (Å²) < 4.78 is 11.0. The van der Waals surface area contributed by atoms with E-state index in [4.69, 9.17) is 9.47 Å². The van der Waals surface area contributed by atoms with Crippen molar-refractivity contribution in [3.63, 3.8) is 0 Å². The van der Waals surface area contributed by atoms with Crippen LogP contribution in [0, 0.1) is 6.92 Å². The van der Waals surface area contributed by atoms with Gasteiger partial charge in [0, 0.05) is 17.2 Å². The second-order valence-corrected chi connectivity index (χ2v) is 8.56. The third-order valence-corrected chi connectivity index (χ3v) is 5.50. The molecule has 4 aromatic carbocycles. The third kappa shape index (κ3) is 7.72. The van der Waals surface area contributed by atoms with Gasteiger partial charge in [-0.1, -0.05) is 54.1 Å². The number of nitrogens with zero attached hydrogens (tertiary/aromatic N) is 1. The molecule has 40 heavy (non-hydrogen) atoms. The first-order valence-electron chi connectivity index (χ1n) is 12.2. The van der Waals surface area contributed by atoms with Crippen LogP contribution in [0.5, 0.6) is 11.5 Å². The molecule has 9 nitrogen and oxygen atoms in total. The monoisotopic (exact) mass is 535 g/mol. The normalized spacial score (nSPS) is 10.5. The Kier molecular flexibility index (Phi) is 9.13. The van der Waals surface area contributed by atoms with Crippen LogP contribution >= 0.6 is 0 Å². The van der Waals surface area contributed by atoms with Gasteiger partial charge in [-0.05, 0) is 55.5 Å². The smallest absolute Gasteiger partial charge is 0.343 e. The molecule has 2 N–H and O–H groups in total. The maximum atomic E-state index is 12.7. The quantitative estimate of drug-likeness (QED) is 0.142. The van der Waals surface area contributed by atoms with Crippen LogP contribution in [0.15, 0.2) is 108 Å². The fraction of sp³-hybridized carbons (Fsp3) is 0.0645. The van der Waals surface area contributed by atoms with Gasteiger partial charge in [-0.2, -0.15) is 5.10 Å². The van der Waals surface area contributed by atoms with Crippen molar-refractivity contribution < 1.29 is 28.7 Å². The van der Waals surface area contributed by atoms with Gasteiger partial charge in [0.2, 0.25) is 0 Å². The van der Waals surface area contributed by atoms with Crippen molar-refractivity contribution in [3.05, 3.63) is 131 Å². The van der Waals surface area contributed by atoms with E-state index in [1.165, 1.54) is 24.4 Å². The molecule has 0 aliphatic heterocycles. The van der Waals surface area contributed by atoms with Crippen LogP contribution in [0.1, 0.15) is 42.2 Å². The van der Waals surface area contributed by atoms with E-state index in [1.807, 2.05) is 13.0 Å². The number of amides is 2. The van der Waals surface area contributed by atoms with Gasteiger partial charge in [0.05, 0.1) is 23.9 Å². The molecule has 0 aromatic heterocycles. The largest absolute Gasteiger partial charge is 0.423 e. The van der Waals surface area contributed by atoms with Gasteiger partial charge < -0.3 is 14.8 Å². The average molecular weight is 536 g/mol. The molecule has 0 aliphatic rings. The molecule has 0 radical (unpaired) electrons. The van der Waals surface area contributed by atoms with Crippen LogP contribution in [0.25, 0.3) is 0 Å². The lowest BCUT2D eigenvalue weighted by Gasteiger charge is -2.10. The molecule has 9 heteroatoms. The highest BCUT2D eigenvalue weighted by Crippen LogP contribution is 2.26. The van der Waals surface area contributed by atoms with Crippen molar-refractivity contribution >= 4 is 30.0 Å². The van der Waals surface area contributed by atoms with Crippen LogP contribution in [0.2, 0.25) is 0 Å². The lowest BCUT2D eigenvalue weighted by molar-refractivity contribution is -0.120. The average Bonchev–Trinajstić information content (AvgIpc) is 2.98. The first-order valence-corrected chi connectivity index (χ1v) is 12.2. The number of aryl methyl sites for hydroxylation is 1. The Morgan fingerprint density at radius 2 is 1.35 bits per heavy atom. The van der Waals surface area contributed by atoms with E-state index in [2.05, 4.69) is 15.8 Å². The first-order chi connectivity index (χ1) is 19.4. The lowest BCUT2D eigenvalue weighted by atomic mass is 10.1. The molecule has 4 aromatic rings. The number of ether oxygens (including phenoxy) is 2. The molecule has 200 valence electrons. The zero-order chi connectivity index (χ0) is 28.3. The fourth-order valence-electron chi connectivity index (χ4n) is 3.51. The summed E-state index contributed by atoms with van der Waals surface area (Å²) in [6.45, 7) is 1.57. The zero-order valence-electron chi connectivity index (χ0n) is 21.5. The lowest BCUT2D eigenvalue weighted by Crippen LogP contribution is -2.34. The van der Waals surface area contributed by atoms with Crippen LogP contribution < -0.4 is 20.2 Å². The molecule has 0 saturated carbocycles. The Balaban J connectivity index is 1.44. The summed E-state index contributed by atoms with van der Waals surface area (Å²) >= 11 is 0. The Labute approximate surface area is 230 Å². The Bertz CT molecular complexity index is 1550. The molecule has 2 amide bonds. The van der Waals surface area contributed by atoms with Gasteiger partial charge in [0.25, 0.3) is 11.8 Å². The second kappa shape index (κ2) is 13.3. The van der Waals surface area contributed by atoms with Gasteiger partial charge in [-0.25, -0.2) is 15.0 Å². The molecule has 4 rings (SSSR count). The van der Waals surface area contributed by atoms with Gasteiger partial charge in [0.15, 0.2) is 0 Å². The number of hydrogen-bond donors (Lipinski definition) is 2. The first kappa shape index (κ1) is 27.5. The summed E-state index contributed by atoms with van der Waals surface area (Å²) in [5.74, 6) is -1.97. The highest BCUT2D eigenvalue weighted by atomic mass is 16.5. The SMILES string of the molecule is Cc1cccc(C(=O)NCC(=O)NN=Cc2ccc(OC(=O)c3ccccc3)cc2OC(=O)c2ccccc2)c1. The second-order valence-electron chi connectivity index (χ2n) is 8.56. The Morgan fingerprint density at radius 3 is 2.00 bits per heavy atom. The molecular weight excluding hydrogens is 510 g/mol. The number of rotatable bonds is 9. The number of nitrogens with one attached hydrogen (secondary N) is 2. The third-order valence-electron chi connectivity index (χ3n) is 5.50. The minimum Gasteiger partial charge on any atom is -0.423 e. The highest BCUT2D eigenvalue weighted by Gasteiger charge is 2.15. The van der Waals surface area contributed by atoms with Crippen molar-refractivity contribution in [1.29, 1.82) is 0 Å². The summed E-state index contributed by atoms with van der Waals surface area (Å²) in [5, 5.41) is 6.44. The number of benzene rings is 4. The standard InChI is InChI=1S/C31H25N3O6/c1-21-9-8-14-24(17-21)29(36)32-20-28(35)34-33-19-25-15-16-26(39-30(37)22-10-4-2-5-11-22)18-27(25)40-31(38)23-12-6-3-7-13-23/h2-19H,20H2,1H3,(H,32,36)(H,34,35). The minimum atomic E-state index is -0.635. The van der Waals surface area contributed by atoms with Crippen molar-refractivity contribution in [2.45, 2.75) is 6.92 Å². The van der Waals surface area contributed by atoms with Crippen molar-refractivity contribution in [2.24, 2.45) is 5.10 Å². The molecule has 0 fully saturated rings. The number of hydrazone groups is 1. The van der Waals surface area contributed by atoms with E-state index in [1.54, 1.807) is 78.9 Å². The Morgan fingerprint density at radius 1 is 0.725 bits per heavy atom. The van der Waals surface area contributed by atoms with E-state index in [9.17, 15) is 19.2 Å². The Hall–Kier alpha value is -5.57. The van der Waals surface area contributed by atoms with Crippen molar-refractivity contribution in [3.8, 4) is 11.5 Å². The molecular formula is C31H25N3O6. The number of hydrogen-bond acceptors (Lipinski definition) is 7. The van der Waals surface area contributed by atoms with Gasteiger partial charge >= 0.3 is 11.9 Å². The number of carbonyl (C=O) groups excluding carboxylic acids is 4. The zero-order valence-corrected chi connectivity index (χ0v) is 21.5. The maximum absolute atomic E-state index is 12.7. The van der Waals surface area contributed by atoms with Crippen LogP contribution in [0.3, 0.4) is 0 Å².